The summed E-state index contributed by atoms with van der Waals surface area (Å²) in [6.07, 6.45) is 7.55. The molecule has 4 rings (SSSR count). The van der Waals surface area contributed by atoms with E-state index in [0.717, 1.165) is 35.4 Å². The fraction of sp³-hybridized carbons (Fsp3) is 0.280. The first kappa shape index (κ1) is 19.2. The second kappa shape index (κ2) is 8.48. The molecule has 0 atom stereocenters. The topological polar surface area (TPSA) is 35.9 Å². The standard InChI is InChI=1S/C25H27N3O/c1-3-19(2)28-23-17-11-10-16-22(23)24(21-14-8-5-9-15-21)26-27(25(28)29)18-20-12-6-4-7-13-20/h3-4,6-7,10-13,16-17,21H,1-2,5,8-9,14-15,18H2. The number of allylic oxidation sites excluding steroid dienone is 1. The van der Waals surface area contributed by atoms with Gasteiger partial charge in [-0.15, -0.1) is 0 Å². The van der Waals surface area contributed by atoms with Crippen molar-refractivity contribution in [2.24, 2.45) is 11.0 Å². The number of hydrogen-bond donors (Lipinski definition) is 0. The SMILES string of the molecule is C=CC(=C)N1C(=O)N(Cc2ccccc2)N=C(C2CCCCC2)c2ccccc21. The molecule has 2 aliphatic rings. The number of hydrazone groups is 1. The van der Waals surface area contributed by atoms with E-state index in [0.29, 0.717) is 18.2 Å². The van der Waals surface area contributed by atoms with Crippen LogP contribution >= 0.6 is 0 Å². The lowest BCUT2D eigenvalue weighted by atomic mass is 9.83. The van der Waals surface area contributed by atoms with E-state index in [1.165, 1.54) is 19.3 Å². The zero-order valence-corrected chi connectivity index (χ0v) is 16.8. The summed E-state index contributed by atoms with van der Waals surface area (Å²) >= 11 is 0. The molecule has 2 amide bonds. The summed E-state index contributed by atoms with van der Waals surface area (Å²) in [6.45, 7) is 8.34. The van der Waals surface area contributed by atoms with Crippen LogP contribution in [0.15, 0.2) is 84.6 Å². The van der Waals surface area contributed by atoms with Crippen LogP contribution in [0.4, 0.5) is 10.5 Å². The first-order valence-corrected chi connectivity index (χ1v) is 10.3. The molecule has 1 heterocycles. The Morgan fingerprint density at radius 3 is 2.45 bits per heavy atom. The number of rotatable bonds is 5. The zero-order valence-electron chi connectivity index (χ0n) is 16.8. The highest BCUT2D eigenvalue weighted by molar-refractivity contribution is 6.12. The molecule has 4 nitrogen and oxygen atoms in total. The molecule has 0 spiro atoms. The Morgan fingerprint density at radius 2 is 1.72 bits per heavy atom. The summed E-state index contributed by atoms with van der Waals surface area (Å²) in [6, 6.07) is 17.8. The third kappa shape index (κ3) is 3.88. The summed E-state index contributed by atoms with van der Waals surface area (Å²) < 4.78 is 0. The van der Waals surface area contributed by atoms with E-state index >= 15 is 0 Å². The van der Waals surface area contributed by atoms with Gasteiger partial charge in [-0.25, -0.2) is 9.80 Å². The Labute approximate surface area is 172 Å². The average molecular weight is 386 g/mol. The fourth-order valence-corrected chi connectivity index (χ4v) is 4.24. The van der Waals surface area contributed by atoms with Crippen LogP contribution in [0.3, 0.4) is 0 Å². The molecular formula is C25H27N3O. The molecule has 1 saturated carbocycles. The summed E-state index contributed by atoms with van der Waals surface area (Å²) in [4.78, 5) is 15.2. The van der Waals surface area contributed by atoms with Crippen LogP contribution in [0, 0.1) is 5.92 Å². The van der Waals surface area contributed by atoms with Crippen LogP contribution in [0.5, 0.6) is 0 Å². The highest BCUT2D eigenvalue weighted by Gasteiger charge is 2.33. The molecule has 1 fully saturated rings. The van der Waals surface area contributed by atoms with E-state index in [1.807, 2.05) is 48.5 Å². The van der Waals surface area contributed by atoms with Crippen molar-refractivity contribution >= 4 is 17.4 Å². The number of urea groups is 1. The quantitative estimate of drug-likeness (QED) is 0.572. The van der Waals surface area contributed by atoms with E-state index in [1.54, 1.807) is 16.0 Å². The zero-order chi connectivity index (χ0) is 20.2. The third-order valence-electron chi connectivity index (χ3n) is 5.75. The van der Waals surface area contributed by atoms with Crippen molar-refractivity contribution < 1.29 is 4.79 Å². The normalized spacial score (nSPS) is 17.4. The van der Waals surface area contributed by atoms with E-state index in [9.17, 15) is 4.79 Å². The Balaban J connectivity index is 1.83. The maximum Gasteiger partial charge on any atom is 0.349 e. The van der Waals surface area contributed by atoms with Gasteiger partial charge in [-0.05, 0) is 30.5 Å². The molecule has 1 aliphatic carbocycles. The molecule has 0 bridgehead atoms. The van der Waals surface area contributed by atoms with Crippen molar-refractivity contribution in [2.45, 2.75) is 38.6 Å². The predicted octanol–water partition coefficient (Wildman–Crippen LogP) is 6.11. The molecule has 0 N–H and O–H groups in total. The number of nitrogens with zero attached hydrogens (tertiary/aromatic N) is 3. The highest BCUT2D eigenvalue weighted by Crippen LogP contribution is 2.35. The molecule has 0 aromatic heterocycles. The molecule has 0 saturated heterocycles. The van der Waals surface area contributed by atoms with Gasteiger partial charge in [-0.2, -0.15) is 5.10 Å². The summed E-state index contributed by atoms with van der Waals surface area (Å²) in [5.74, 6) is 0.368. The van der Waals surface area contributed by atoms with Crippen LogP contribution in [-0.2, 0) is 6.54 Å². The van der Waals surface area contributed by atoms with E-state index in [-0.39, 0.29) is 6.03 Å². The lowest BCUT2D eigenvalue weighted by Gasteiger charge is -2.26. The number of fused-ring (bicyclic) bond motifs is 1. The van der Waals surface area contributed by atoms with Gasteiger partial charge in [0.05, 0.1) is 17.9 Å². The smallest absolute Gasteiger partial charge is 0.261 e. The first-order valence-electron chi connectivity index (χ1n) is 10.3. The van der Waals surface area contributed by atoms with Crippen molar-refractivity contribution in [1.29, 1.82) is 0 Å². The molecular weight excluding hydrogens is 358 g/mol. The molecule has 148 valence electrons. The fourth-order valence-electron chi connectivity index (χ4n) is 4.24. The summed E-state index contributed by atoms with van der Waals surface area (Å²) in [7, 11) is 0. The van der Waals surface area contributed by atoms with Crippen LogP contribution < -0.4 is 4.90 Å². The minimum absolute atomic E-state index is 0.197. The molecule has 0 radical (unpaired) electrons. The summed E-state index contributed by atoms with van der Waals surface area (Å²) in [5.41, 5.74) is 4.47. The van der Waals surface area contributed by atoms with Crippen molar-refractivity contribution in [3.05, 3.63) is 90.7 Å². The van der Waals surface area contributed by atoms with E-state index < -0.39 is 0 Å². The van der Waals surface area contributed by atoms with Gasteiger partial charge in [0.15, 0.2) is 0 Å². The molecule has 0 unspecified atom stereocenters. The number of para-hydroxylation sites is 1. The lowest BCUT2D eigenvalue weighted by Crippen LogP contribution is -2.38. The molecule has 2 aromatic rings. The van der Waals surface area contributed by atoms with Gasteiger partial charge >= 0.3 is 6.03 Å². The Bertz CT molecular complexity index is 942. The lowest BCUT2D eigenvalue weighted by molar-refractivity contribution is 0.206. The maximum absolute atomic E-state index is 13.6. The van der Waals surface area contributed by atoms with Gasteiger partial charge in [0.25, 0.3) is 0 Å². The van der Waals surface area contributed by atoms with Gasteiger partial charge in [0.2, 0.25) is 0 Å². The maximum atomic E-state index is 13.6. The van der Waals surface area contributed by atoms with E-state index in [4.69, 9.17) is 5.10 Å². The van der Waals surface area contributed by atoms with Crippen molar-refractivity contribution in [3.63, 3.8) is 0 Å². The van der Waals surface area contributed by atoms with Crippen LogP contribution in [0.25, 0.3) is 0 Å². The Kier molecular flexibility index (Phi) is 5.61. The van der Waals surface area contributed by atoms with E-state index in [2.05, 4.69) is 19.2 Å². The third-order valence-corrected chi connectivity index (χ3v) is 5.75. The monoisotopic (exact) mass is 385 g/mol. The van der Waals surface area contributed by atoms with Crippen molar-refractivity contribution in [2.75, 3.05) is 4.90 Å². The molecule has 2 aromatic carbocycles. The largest absolute Gasteiger partial charge is 0.349 e. The minimum Gasteiger partial charge on any atom is -0.261 e. The van der Waals surface area contributed by atoms with Gasteiger partial charge < -0.3 is 0 Å². The van der Waals surface area contributed by atoms with Gasteiger partial charge in [-0.3, -0.25) is 4.90 Å². The van der Waals surface area contributed by atoms with Crippen LogP contribution in [0.2, 0.25) is 0 Å². The molecule has 4 heteroatoms. The van der Waals surface area contributed by atoms with Crippen molar-refractivity contribution in [3.8, 4) is 0 Å². The van der Waals surface area contributed by atoms with Gasteiger partial charge in [0.1, 0.15) is 0 Å². The number of anilines is 1. The summed E-state index contributed by atoms with van der Waals surface area (Å²) in [5, 5.41) is 6.56. The van der Waals surface area contributed by atoms with Gasteiger partial charge in [0, 0.05) is 17.2 Å². The Morgan fingerprint density at radius 1 is 1.03 bits per heavy atom. The second-order valence-corrected chi connectivity index (χ2v) is 7.69. The number of hydrogen-bond acceptors (Lipinski definition) is 2. The van der Waals surface area contributed by atoms with Crippen LogP contribution in [0.1, 0.15) is 43.2 Å². The number of benzene rings is 2. The van der Waals surface area contributed by atoms with Crippen molar-refractivity contribution in [1.82, 2.24) is 5.01 Å². The molecule has 29 heavy (non-hydrogen) atoms. The second-order valence-electron chi connectivity index (χ2n) is 7.69. The predicted molar refractivity (Wildman–Crippen MR) is 119 cm³/mol. The number of amides is 2. The van der Waals surface area contributed by atoms with Crippen LogP contribution in [-0.4, -0.2) is 16.8 Å². The number of carbonyl (C=O) groups is 1. The first-order chi connectivity index (χ1) is 14.2. The Hall–Kier alpha value is -3.14. The average Bonchev–Trinajstić information content (AvgIpc) is 2.89. The minimum atomic E-state index is -0.197. The van der Waals surface area contributed by atoms with Gasteiger partial charge in [-0.1, -0.05) is 81.0 Å². The molecule has 1 aliphatic heterocycles. The number of carbonyl (C=O) groups excluding carboxylic acids is 1. The highest BCUT2D eigenvalue weighted by atomic mass is 16.2.